The molecule has 82 valence electrons. The number of anilines is 1. The molecule has 0 saturated carbocycles. The lowest BCUT2D eigenvalue weighted by Gasteiger charge is -2.05. The molecule has 0 unspecified atom stereocenters. The highest BCUT2D eigenvalue weighted by atomic mass is 32.2. The second-order valence-electron chi connectivity index (χ2n) is 3.18. The molecule has 0 aliphatic carbocycles. The molecule has 0 saturated heterocycles. The van der Waals surface area contributed by atoms with E-state index >= 15 is 0 Å². The normalized spacial score (nSPS) is 10.1. The van der Waals surface area contributed by atoms with Crippen LogP contribution in [-0.2, 0) is 0 Å². The Morgan fingerprint density at radius 2 is 1.94 bits per heavy atom. The zero-order valence-corrected chi connectivity index (χ0v) is 9.59. The Hall–Kier alpha value is -1.55. The average molecular weight is 234 g/mol. The molecule has 0 bridgehead atoms. The zero-order chi connectivity index (χ0) is 11.4. The molecule has 0 amide bonds. The first kappa shape index (κ1) is 11.0. The van der Waals surface area contributed by atoms with Crippen LogP contribution in [0.5, 0.6) is 0 Å². The summed E-state index contributed by atoms with van der Waals surface area (Å²) in [6, 6.07) is 8.83. The maximum Gasteiger partial charge on any atom is 0.139 e. The minimum absolute atomic E-state index is 0.214. The fourth-order valence-corrected chi connectivity index (χ4v) is 2.08. The first-order chi connectivity index (χ1) is 7.79. The van der Waals surface area contributed by atoms with Gasteiger partial charge < -0.3 is 5.32 Å². The molecule has 1 aromatic carbocycles. The zero-order valence-electron chi connectivity index (χ0n) is 8.77. The van der Waals surface area contributed by atoms with Crippen LogP contribution in [0.1, 0.15) is 0 Å². The van der Waals surface area contributed by atoms with Crippen LogP contribution in [0.25, 0.3) is 0 Å². The summed E-state index contributed by atoms with van der Waals surface area (Å²) in [5.41, 5.74) is 0.775. The Balaban J connectivity index is 2.22. The third-order valence-corrected chi connectivity index (χ3v) is 3.16. The van der Waals surface area contributed by atoms with Gasteiger partial charge >= 0.3 is 0 Å². The van der Waals surface area contributed by atoms with Gasteiger partial charge in [-0.2, -0.15) is 0 Å². The topological polar surface area (TPSA) is 24.9 Å². The van der Waals surface area contributed by atoms with E-state index in [0.717, 1.165) is 10.6 Å². The van der Waals surface area contributed by atoms with Crippen molar-refractivity contribution in [2.24, 2.45) is 0 Å². The molecule has 16 heavy (non-hydrogen) atoms. The summed E-state index contributed by atoms with van der Waals surface area (Å²) in [5, 5.41) is 2.90. The van der Waals surface area contributed by atoms with E-state index in [1.54, 1.807) is 25.5 Å². The van der Waals surface area contributed by atoms with Crippen molar-refractivity contribution in [1.29, 1.82) is 0 Å². The van der Waals surface area contributed by atoms with Crippen molar-refractivity contribution in [2.45, 2.75) is 9.79 Å². The third-order valence-electron chi connectivity index (χ3n) is 2.10. The predicted octanol–water partition coefficient (Wildman–Crippen LogP) is 3.41. The molecule has 0 aliphatic heterocycles. The van der Waals surface area contributed by atoms with Crippen molar-refractivity contribution in [1.82, 2.24) is 4.98 Å². The summed E-state index contributed by atoms with van der Waals surface area (Å²) in [5.74, 6) is -0.214. The molecular formula is C12H11FN2S. The fraction of sp³-hybridized carbons (Fsp3) is 0.0833. The van der Waals surface area contributed by atoms with Gasteiger partial charge in [-0.3, -0.25) is 4.98 Å². The Morgan fingerprint density at radius 1 is 1.19 bits per heavy atom. The Labute approximate surface area is 97.9 Å². The summed E-state index contributed by atoms with van der Waals surface area (Å²) in [6.45, 7) is 0. The van der Waals surface area contributed by atoms with Crippen molar-refractivity contribution >= 4 is 17.4 Å². The van der Waals surface area contributed by atoms with Crippen molar-refractivity contribution in [3.05, 3.63) is 48.5 Å². The Morgan fingerprint density at radius 3 is 2.56 bits per heavy atom. The maximum atomic E-state index is 13.6. The van der Waals surface area contributed by atoms with Gasteiger partial charge in [0.05, 0.1) is 0 Å². The largest absolute Gasteiger partial charge is 0.388 e. The van der Waals surface area contributed by atoms with Crippen LogP contribution < -0.4 is 5.32 Å². The van der Waals surface area contributed by atoms with Gasteiger partial charge in [0.1, 0.15) is 5.82 Å². The molecule has 0 radical (unpaired) electrons. The summed E-state index contributed by atoms with van der Waals surface area (Å²) < 4.78 is 13.6. The van der Waals surface area contributed by atoms with Crippen LogP contribution in [0, 0.1) is 5.82 Å². The predicted molar refractivity (Wildman–Crippen MR) is 64.3 cm³/mol. The fourth-order valence-electron chi connectivity index (χ4n) is 1.27. The average Bonchev–Trinajstić information content (AvgIpc) is 2.33. The molecule has 2 aromatic rings. The van der Waals surface area contributed by atoms with E-state index in [1.807, 2.05) is 18.2 Å². The maximum absolute atomic E-state index is 13.6. The first-order valence-electron chi connectivity index (χ1n) is 4.85. The van der Waals surface area contributed by atoms with Gasteiger partial charge in [-0.25, -0.2) is 4.39 Å². The molecule has 1 heterocycles. The lowest BCUT2D eigenvalue weighted by atomic mass is 10.3. The summed E-state index contributed by atoms with van der Waals surface area (Å²) in [4.78, 5) is 5.51. The van der Waals surface area contributed by atoms with Crippen LogP contribution in [0.15, 0.2) is 52.5 Å². The Bertz CT molecular complexity index is 474. The first-order valence-corrected chi connectivity index (χ1v) is 5.66. The van der Waals surface area contributed by atoms with E-state index in [9.17, 15) is 4.39 Å². The molecule has 2 rings (SSSR count). The van der Waals surface area contributed by atoms with Gasteiger partial charge in [-0.05, 0) is 30.3 Å². The number of pyridine rings is 1. The van der Waals surface area contributed by atoms with Gasteiger partial charge in [0.2, 0.25) is 0 Å². The second-order valence-corrected chi connectivity index (χ2v) is 4.30. The highest BCUT2D eigenvalue weighted by molar-refractivity contribution is 7.99. The monoisotopic (exact) mass is 234 g/mol. The number of benzene rings is 1. The minimum atomic E-state index is -0.214. The lowest BCUT2D eigenvalue weighted by Crippen LogP contribution is -1.89. The molecular weight excluding hydrogens is 223 g/mol. The van der Waals surface area contributed by atoms with Gasteiger partial charge in [0.25, 0.3) is 0 Å². The lowest BCUT2D eigenvalue weighted by molar-refractivity contribution is 0.602. The van der Waals surface area contributed by atoms with E-state index in [1.165, 1.54) is 17.8 Å². The number of hydrogen-bond donors (Lipinski definition) is 1. The smallest absolute Gasteiger partial charge is 0.139 e. The van der Waals surface area contributed by atoms with Crippen LogP contribution >= 0.6 is 11.8 Å². The minimum Gasteiger partial charge on any atom is -0.388 e. The highest BCUT2D eigenvalue weighted by Crippen LogP contribution is 2.30. The van der Waals surface area contributed by atoms with Gasteiger partial charge in [-0.1, -0.05) is 11.8 Å². The number of nitrogens with zero attached hydrogens (tertiary/aromatic N) is 1. The summed E-state index contributed by atoms with van der Waals surface area (Å²) >= 11 is 1.39. The van der Waals surface area contributed by atoms with Gasteiger partial charge in [0, 0.05) is 34.9 Å². The third kappa shape index (κ3) is 2.52. The summed E-state index contributed by atoms with van der Waals surface area (Å²) in [6.07, 6.45) is 3.39. The van der Waals surface area contributed by atoms with E-state index in [-0.39, 0.29) is 5.82 Å². The van der Waals surface area contributed by atoms with Crippen molar-refractivity contribution in [2.75, 3.05) is 12.4 Å². The number of hydrogen-bond acceptors (Lipinski definition) is 3. The molecule has 2 nitrogen and oxygen atoms in total. The summed E-state index contributed by atoms with van der Waals surface area (Å²) in [7, 11) is 1.77. The van der Waals surface area contributed by atoms with E-state index < -0.39 is 0 Å². The van der Waals surface area contributed by atoms with Crippen LogP contribution in [0.4, 0.5) is 10.1 Å². The van der Waals surface area contributed by atoms with Gasteiger partial charge in [0.15, 0.2) is 0 Å². The van der Waals surface area contributed by atoms with Crippen molar-refractivity contribution < 1.29 is 4.39 Å². The second kappa shape index (κ2) is 4.99. The quantitative estimate of drug-likeness (QED) is 0.881. The molecule has 0 aliphatic rings. The van der Waals surface area contributed by atoms with Crippen molar-refractivity contribution in [3.63, 3.8) is 0 Å². The number of halogens is 1. The molecule has 0 atom stereocenters. The Kier molecular flexibility index (Phi) is 3.41. The SMILES string of the molecule is CNc1ccc(Sc2ccncc2)c(F)c1. The molecule has 0 fully saturated rings. The number of aromatic nitrogens is 1. The standard InChI is InChI=1S/C12H11FN2S/c1-14-9-2-3-12(11(13)8-9)16-10-4-6-15-7-5-10/h2-8,14H,1H3. The molecule has 4 heteroatoms. The van der Waals surface area contributed by atoms with E-state index in [0.29, 0.717) is 4.90 Å². The number of rotatable bonds is 3. The van der Waals surface area contributed by atoms with Crippen LogP contribution in [0.2, 0.25) is 0 Å². The van der Waals surface area contributed by atoms with Crippen LogP contribution in [0.3, 0.4) is 0 Å². The number of nitrogens with one attached hydrogen (secondary N) is 1. The van der Waals surface area contributed by atoms with Crippen LogP contribution in [-0.4, -0.2) is 12.0 Å². The molecule has 1 N–H and O–H groups in total. The molecule has 1 aromatic heterocycles. The highest BCUT2D eigenvalue weighted by Gasteiger charge is 2.04. The van der Waals surface area contributed by atoms with E-state index in [4.69, 9.17) is 0 Å². The van der Waals surface area contributed by atoms with Crippen molar-refractivity contribution in [3.8, 4) is 0 Å². The van der Waals surface area contributed by atoms with E-state index in [2.05, 4.69) is 10.3 Å². The van der Waals surface area contributed by atoms with Gasteiger partial charge in [-0.15, -0.1) is 0 Å². The molecule has 0 spiro atoms.